The van der Waals surface area contributed by atoms with Gasteiger partial charge in [-0.2, -0.15) is 0 Å². The van der Waals surface area contributed by atoms with Gasteiger partial charge in [0.1, 0.15) is 5.82 Å². The van der Waals surface area contributed by atoms with E-state index in [9.17, 15) is 18.8 Å². The Kier molecular flexibility index (Phi) is 5.19. The van der Waals surface area contributed by atoms with Crippen LogP contribution in [0.25, 0.3) is 0 Å². The van der Waals surface area contributed by atoms with Gasteiger partial charge >= 0.3 is 6.03 Å². The lowest BCUT2D eigenvalue weighted by molar-refractivity contribution is -0.127. The van der Waals surface area contributed by atoms with Crippen LogP contribution in [-0.2, 0) is 9.59 Å². The number of benzene rings is 1. The first kappa shape index (κ1) is 18.7. The molecule has 3 aliphatic rings. The minimum Gasteiger partial charge on any atom is -0.353 e. The lowest BCUT2D eigenvalue weighted by Crippen LogP contribution is -2.50. The number of carbonyl (C=O) groups is 3. The van der Waals surface area contributed by atoms with Gasteiger partial charge in [0.05, 0.1) is 5.92 Å². The van der Waals surface area contributed by atoms with E-state index in [1.54, 1.807) is 0 Å². The number of anilines is 1. The summed E-state index contributed by atoms with van der Waals surface area (Å²) in [6.07, 6.45) is 3.50. The zero-order valence-corrected chi connectivity index (χ0v) is 15.7. The lowest BCUT2D eigenvalue weighted by atomic mass is 9.89. The molecule has 2 fully saturated rings. The monoisotopic (exact) mass is 388 g/mol. The summed E-state index contributed by atoms with van der Waals surface area (Å²) < 4.78 is 13.6. The standard InChI is InChI=1S/C20H25FN4O3/c21-13-3-4-17-15(11-13)16(12-18(26)23-17)19(27)22-14-5-9-25(10-6-14)20(28)24-7-1-2-8-24/h3-4,11,14,16H,1-2,5-10,12H2,(H,22,27)(H,23,26)/t16-/m1/s1. The molecule has 4 amide bonds. The van der Waals surface area contributed by atoms with Crippen molar-refractivity contribution in [3.8, 4) is 0 Å². The molecule has 2 saturated heterocycles. The second-order valence-corrected chi connectivity index (χ2v) is 7.78. The van der Waals surface area contributed by atoms with Gasteiger partial charge in [-0.25, -0.2) is 9.18 Å². The van der Waals surface area contributed by atoms with Crippen LogP contribution in [-0.4, -0.2) is 59.9 Å². The molecule has 7 nitrogen and oxygen atoms in total. The minimum atomic E-state index is -0.691. The van der Waals surface area contributed by atoms with E-state index in [1.165, 1.54) is 18.2 Å². The van der Waals surface area contributed by atoms with Crippen molar-refractivity contribution in [2.75, 3.05) is 31.5 Å². The summed E-state index contributed by atoms with van der Waals surface area (Å²) in [5.41, 5.74) is 1.00. The lowest BCUT2D eigenvalue weighted by Gasteiger charge is -2.35. The van der Waals surface area contributed by atoms with E-state index in [1.807, 2.05) is 9.80 Å². The number of urea groups is 1. The van der Waals surface area contributed by atoms with Crippen LogP contribution in [0.15, 0.2) is 18.2 Å². The van der Waals surface area contributed by atoms with Crippen molar-refractivity contribution in [3.63, 3.8) is 0 Å². The van der Waals surface area contributed by atoms with Crippen molar-refractivity contribution in [1.29, 1.82) is 0 Å². The highest BCUT2D eigenvalue weighted by Crippen LogP contribution is 2.33. The van der Waals surface area contributed by atoms with Crippen LogP contribution < -0.4 is 10.6 Å². The fourth-order valence-electron chi connectivity index (χ4n) is 4.29. The fraction of sp³-hybridized carbons (Fsp3) is 0.550. The summed E-state index contributed by atoms with van der Waals surface area (Å²) in [7, 11) is 0. The smallest absolute Gasteiger partial charge is 0.319 e. The number of hydrogen-bond donors (Lipinski definition) is 2. The number of rotatable bonds is 2. The molecule has 0 radical (unpaired) electrons. The zero-order valence-electron chi connectivity index (χ0n) is 15.7. The van der Waals surface area contributed by atoms with Gasteiger partial charge in [0.15, 0.2) is 0 Å². The molecule has 0 spiro atoms. The summed E-state index contributed by atoms with van der Waals surface area (Å²) in [4.78, 5) is 41.0. The second kappa shape index (κ2) is 7.77. The Labute approximate surface area is 163 Å². The average Bonchev–Trinajstić information content (AvgIpc) is 3.22. The largest absolute Gasteiger partial charge is 0.353 e. The Hall–Kier alpha value is -2.64. The molecule has 3 heterocycles. The van der Waals surface area contributed by atoms with Gasteiger partial charge in [-0.15, -0.1) is 0 Å². The molecule has 1 aromatic carbocycles. The van der Waals surface area contributed by atoms with Crippen molar-refractivity contribution >= 4 is 23.5 Å². The summed E-state index contributed by atoms with van der Waals surface area (Å²) in [5.74, 6) is -1.62. The number of halogens is 1. The number of hydrogen-bond acceptors (Lipinski definition) is 3. The van der Waals surface area contributed by atoms with Gasteiger partial charge in [-0.05, 0) is 49.4 Å². The first-order valence-corrected chi connectivity index (χ1v) is 9.95. The summed E-state index contributed by atoms with van der Waals surface area (Å²) in [6, 6.07) is 4.13. The second-order valence-electron chi connectivity index (χ2n) is 7.78. The van der Waals surface area contributed by atoms with Gasteiger partial charge < -0.3 is 20.4 Å². The molecular formula is C20H25FN4O3. The molecule has 0 aliphatic carbocycles. The quantitative estimate of drug-likeness (QED) is 0.814. The van der Waals surface area contributed by atoms with Gasteiger partial charge in [-0.3, -0.25) is 9.59 Å². The van der Waals surface area contributed by atoms with Crippen LogP contribution in [0.4, 0.5) is 14.9 Å². The molecule has 0 saturated carbocycles. The molecular weight excluding hydrogens is 363 g/mol. The van der Waals surface area contributed by atoms with Gasteiger partial charge in [0, 0.05) is 44.3 Å². The Morgan fingerprint density at radius 2 is 1.75 bits per heavy atom. The maximum Gasteiger partial charge on any atom is 0.319 e. The summed E-state index contributed by atoms with van der Waals surface area (Å²) in [6.45, 7) is 2.87. The normalized spacial score (nSPS) is 22.6. The Morgan fingerprint density at radius 1 is 1.07 bits per heavy atom. The predicted molar refractivity (Wildman–Crippen MR) is 101 cm³/mol. The average molecular weight is 388 g/mol. The van der Waals surface area contributed by atoms with Gasteiger partial charge in [0.25, 0.3) is 0 Å². The third kappa shape index (κ3) is 3.81. The van der Waals surface area contributed by atoms with E-state index < -0.39 is 11.7 Å². The van der Waals surface area contributed by atoms with E-state index in [0.29, 0.717) is 37.2 Å². The number of likely N-dealkylation sites (tertiary alicyclic amines) is 2. The molecule has 1 atom stereocenters. The van der Waals surface area contributed by atoms with Crippen LogP contribution >= 0.6 is 0 Å². The first-order valence-electron chi connectivity index (χ1n) is 9.95. The number of nitrogens with zero attached hydrogens (tertiary/aromatic N) is 2. The van der Waals surface area contributed by atoms with E-state index >= 15 is 0 Å². The van der Waals surface area contributed by atoms with Crippen molar-refractivity contribution < 1.29 is 18.8 Å². The third-order valence-corrected chi connectivity index (χ3v) is 5.86. The predicted octanol–water partition coefficient (Wildman–Crippen LogP) is 2.05. The molecule has 0 unspecified atom stereocenters. The van der Waals surface area contributed by atoms with E-state index in [0.717, 1.165) is 25.9 Å². The fourth-order valence-corrected chi connectivity index (χ4v) is 4.29. The van der Waals surface area contributed by atoms with E-state index in [2.05, 4.69) is 10.6 Å². The topological polar surface area (TPSA) is 81.8 Å². The molecule has 0 bridgehead atoms. The Balaban J connectivity index is 1.35. The summed E-state index contributed by atoms with van der Waals surface area (Å²) >= 11 is 0. The number of nitrogens with one attached hydrogen (secondary N) is 2. The molecule has 0 aromatic heterocycles. The third-order valence-electron chi connectivity index (χ3n) is 5.86. The number of carbonyl (C=O) groups excluding carboxylic acids is 3. The molecule has 3 aliphatic heterocycles. The molecule has 2 N–H and O–H groups in total. The number of amides is 4. The van der Waals surface area contributed by atoms with E-state index in [-0.39, 0.29) is 30.3 Å². The molecule has 150 valence electrons. The Morgan fingerprint density at radius 3 is 2.46 bits per heavy atom. The molecule has 4 rings (SSSR count). The highest BCUT2D eigenvalue weighted by atomic mass is 19.1. The maximum absolute atomic E-state index is 13.6. The highest BCUT2D eigenvalue weighted by Gasteiger charge is 2.33. The van der Waals surface area contributed by atoms with Crippen LogP contribution in [0.3, 0.4) is 0 Å². The van der Waals surface area contributed by atoms with Crippen LogP contribution in [0.5, 0.6) is 0 Å². The van der Waals surface area contributed by atoms with Crippen molar-refractivity contribution in [3.05, 3.63) is 29.6 Å². The van der Waals surface area contributed by atoms with Crippen molar-refractivity contribution in [2.45, 2.75) is 44.1 Å². The first-order chi connectivity index (χ1) is 13.5. The highest BCUT2D eigenvalue weighted by molar-refractivity contribution is 6.01. The van der Waals surface area contributed by atoms with Gasteiger partial charge in [-0.1, -0.05) is 0 Å². The molecule has 8 heteroatoms. The maximum atomic E-state index is 13.6. The summed E-state index contributed by atoms with van der Waals surface area (Å²) in [5, 5.41) is 5.69. The molecule has 28 heavy (non-hydrogen) atoms. The SMILES string of the molecule is O=C1C[C@@H](C(=O)NC2CCN(C(=O)N3CCCC3)CC2)c2cc(F)ccc2N1. The number of piperidine rings is 1. The Bertz CT molecular complexity index is 786. The van der Waals surface area contributed by atoms with Crippen molar-refractivity contribution in [1.82, 2.24) is 15.1 Å². The number of fused-ring (bicyclic) bond motifs is 1. The van der Waals surface area contributed by atoms with Crippen LogP contribution in [0.1, 0.15) is 43.6 Å². The van der Waals surface area contributed by atoms with Crippen LogP contribution in [0.2, 0.25) is 0 Å². The molecule has 1 aromatic rings. The van der Waals surface area contributed by atoms with Crippen LogP contribution in [0, 0.1) is 5.82 Å². The van der Waals surface area contributed by atoms with Gasteiger partial charge in [0.2, 0.25) is 11.8 Å². The van der Waals surface area contributed by atoms with E-state index in [4.69, 9.17) is 0 Å². The minimum absolute atomic E-state index is 0.00851. The zero-order chi connectivity index (χ0) is 19.7. The van der Waals surface area contributed by atoms with Crippen molar-refractivity contribution in [2.24, 2.45) is 0 Å².